The molecule has 3 aliphatic rings. The second-order valence-electron chi connectivity index (χ2n) is 10.0. The van der Waals surface area contributed by atoms with Crippen molar-refractivity contribution in [3.8, 4) is 5.75 Å². The van der Waals surface area contributed by atoms with Crippen LogP contribution < -0.4 is 9.64 Å². The lowest BCUT2D eigenvalue weighted by atomic mass is 9.83. The number of anilines is 1. The third kappa shape index (κ3) is 6.07. The third-order valence-corrected chi connectivity index (χ3v) is 7.59. The van der Waals surface area contributed by atoms with Gasteiger partial charge < -0.3 is 14.0 Å². The van der Waals surface area contributed by atoms with Gasteiger partial charge in [-0.15, -0.1) is 0 Å². The van der Waals surface area contributed by atoms with Gasteiger partial charge in [-0.3, -0.25) is 9.88 Å². The first-order valence-corrected chi connectivity index (χ1v) is 12.9. The zero-order chi connectivity index (χ0) is 25.7. The molecule has 6 nitrogen and oxygen atoms in total. The van der Waals surface area contributed by atoms with Gasteiger partial charge in [0, 0.05) is 31.4 Å². The van der Waals surface area contributed by atoms with Crippen LogP contribution in [-0.4, -0.2) is 54.5 Å². The lowest BCUT2D eigenvalue weighted by Gasteiger charge is -2.52. The highest BCUT2D eigenvalue weighted by molar-refractivity contribution is 5.87. The van der Waals surface area contributed by atoms with Crippen LogP contribution >= 0.6 is 0 Å². The summed E-state index contributed by atoms with van der Waals surface area (Å²) in [6.45, 7) is 4.54. The molecule has 1 amide bonds. The normalized spacial score (nSPS) is 22.4. The van der Waals surface area contributed by atoms with E-state index < -0.39 is 11.9 Å². The average molecular weight is 509 g/mol. The molecular weight excluding hydrogens is 476 g/mol. The molecule has 1 atom stereocenters. The minimum absolute atomic E-state index is 0.0864. The van der Waals surface area contributed by atoms with E-state index in [1.807, 2.05) is 12.1 Å². The second kappa shape index (κ2) is 11.3. The summed E-state index contributed by atoms with van der Waals surface area (Å²) in [5.41, 5.74) is 0.835. The Morgan fingerprint density at radius 3 is 2.54 bits per heavy atom. The summed E-state index contributed by atoms with van der Waals surface area (Å²) < 4.78 is 41.0. The molecule has 0 saturated carbocycles. The van der Waals surface area contributed by atoms with Crippen molar-refractivity contribution in [3.63, 3.8) is 0 Å². The van der Waals surface area contributed by atoms with Crippen molar-refractivity contribution in [3.05, 3.63) is 90.3 Å². The zero-order valence-corrected chi connectivity index (χ0v) is 20.8. The van der Waals surface area contributed by atoms with Gasteiger partial charge in [0.2, 0.25) is 0 Å². The maximum atomic E-state index is 14.7. The molecule has 0 N–H and O–H groups in total. The Kier molecular flexibility index (Phi) is 7.65. The maximum absolute atomic E-state index is 14.7. The lowest BCUT2D eigenvalue weighted by Crippen LogP contribution is -2.65. The van der Waals surface area contributed by atoms with Crippen LogP contribution in [0.15, 0.2) is 73.1 Å². The fourth-order valence-corrected chi connectivity index (χ4v) is 5.58. The Balaban J connectivity index is 1.24. The quantitative estimate of drug-likeness (QED) is 0.280. The standard InChI is InChI=1S/C29H32F2N3O3/c30-24-10-8-22(9-11-24)20-33(27-7-2-1-6-26(27)31)29(35)37-28-21-34(16-12-23(28)13-17-34)15-4-18-36-25-5-3-14-32-19-25/h1-3,5-11,14,19,23,28H,4,12-13,15-18,20-21H2/q+1. The van der Waals surface area contributed by atoms with Crippen molar-refractivity contribution in [1.29, 1.82) is 0 Å². The maximum Gasteiger partial charge on any atom is 0.415 e. The number of quaternary nitrogens is 1. The van der Waals surface area contributed by atoms with Crippen molar-refractivity contribution in [2.24, 2.45) is 5.92 Å². The van der Waals surface area contributed by atoms with Crippen LogP contribution in [-0.2, 0) is 11.3 Å². The van der Waals surface area contributed by atoms with Gasteiger partial charge in [-0.2, -0.15) is 0 Å². The largest absolute Gasteiger partial charge is 0.492 e. The van der Waals surface area contributed by atoms with E-state index in [-0.39, 0.29) is 24.2 Å². The van der Waals surface area contributed by atoms with E-state index in [1.54, 1.807) is 42.7 Å². The van der Waals surface area contributed by atoms with Gasteiger partial charge in [0.25, 0.3) is 0 Å². The highest BCUT2D eigenvalue weighted by Crippen LogP contribution is 2.36. The van der Waals surface area contributed by atoms with E-state index in [1.165, 1.54) is 23.1 Å². The monoisotopic (exact) mass is 508 g/mol. The minimum atomic E-state index is -0.578. The van der Waals surface area contributed by atoms with E-state index in [4.69, 9.17) is 9.47 Å². The molecule has 37 heavy (non-hydrogen) atoms. The highest BCUT2D eigenvalue weighted by atomic mass is 19.1. The summed E-state index contributed by atoms with van der Waals surface area (Å²) in [4.78, 5) is 18.9. The first-order valence-electron chi connectivity index (χ1n) is 12.9. The number of pyridine rings is 1. The van der Waals surface area contributed by atoms with Gasteiger partial charge in [-0.25, -0.2) is 13.6 Å². The molecule has 6 rings (SSSR count). The lowest BCUT2D eigenvalue weighted by molar-refractivity contribution is -0.946. The van der Waals surface area contributed by atoms with Gasteiger partial charge in [0.1, 0.15) is 23.9 Å². The van der Waals surface area contributed by atoms with Gasteiger partial charge in [-0.1, -0.05) is 24.3 Å². The van der Waals surface area contributed by atoms with Crippen molar-refractivity contribution in [2.75, 3.05) is 37.7 Å². The molecule has 3 aromatic rings. The molecule has 4 heterocycles. The number of rotatable bonds is 9. The van der Waals surface area contributed by atoms with Gasteiger partial charge in [-0.05, 0) is 42.0 Å². The zero-order valence-electron chi connectivity index (χ0n) is 20.8. The van der Waals surface area contributed by atoms with Crippen LogP contribution in [0.2, 0.25) is 0 Å². The van der Waals surface area contributed by atoms with E-state index in [9.17, 15) is 13.6 Å². The van der Waals surface area contributed by atoms with Crippen LogP contribution in [0.4, 0.5) is 19.3 Å². The van der Waals surface area contributed by atoms with Crippen molar-refractivity contribution in [1.82, 2.24) is 4.98 Å². The third-order valence-electron chi connectivity index (χ3n) is 7.59. The molecule has 0 aliphatic carbocycles. The molecule has 1 aromatic heterocycles. The number of hydrogen-bond acceptors (Lipinski definition) is 4. The number of halogens is 2. The minimum Gasteiger partial charge on any atom is -0.492 e. The van der Waals surface area contributed by atoms with Crippen molar-refractivity contribution in [2.45, 2.75) is 31.9 Å². The van der Waals surface area contributed by atoms with Gasteiger partial charge in [0.15, 0.2) is 6.10 Å². The number of para-hydroxylation sites is 1. The number of carbonyl (C=O) groups excluding carboxylic acids is 1. The molecule has 2 bridgehead atoms. The summed E-state index contributed by atoms with van der Waals surface area (Å²) >= 11 is 0. The number of benzene rings is 2. The van der Waals surface area contributed by atoms with Crippen LogP contribution in [0.3, 0.4) is 0 Å². The topological polar surface area (TPSA) is 51.7 Å². The first-order chi connectivity index (χ1) is 18.0. The molecule has 1 unspecified atom stereocenters. The molecule has 8 heteroatoms. The Bertz CT molecular complexity index is 1180. The SMILES string of the molecule is O=C(OC1C[N+]2(CCCOc3cccnc3)CCC1CC2)N(Cc1ccc(F)cc1)c1ccccc1F. The number of carbonyl (C=O) groups is 1. The van der Waals surface area contributed by atoms with Crippen molar-refractivity contribution >= 4 is 11.8 Å². The molecular formula is C29H32F2N3O3+. The summed E-state index contributed by atoms with van der Waals surface area (Å²) in [5, 5.41) is 0. The molecule has 194 valence electrons. The number of piperidine rings is 3. The predicted octanol–water partition coefficient (Wildman–Crippen LogP) is 5.58. The Morgan fingerprint density at radius 1 is 1.03 bits per heavy atom. The number of aromatic nitrogens is 1. The van der Waals surface area contributed by atoms with Crippen molar-refractivity contribution < 1.29 is 27.5 Å². The molecule has 0 spiro atoms. The van der Waals surface area contributed by atoms with Gasteiger partial charge >= 0.3 is 6.09 Å². The summed E-state index contributed by atoms with van der Waals surface area (Å²) in [5.74, 6) is 0.202. The summed E-state index contributed by atoms with van der Waals surface area (Å²) in [6.07, 6.45) is 5.52. The number of nitrogens with zero attached hydrogens (tertiary/aromatic N) is 3. The summed E-state index contributed by atoms with van der Waals surface area (Å²) in [7, 11) is 0. The average Bonchev–Trinajstić information content (AvgIpc) is 2.92. The molecule has 3 fully saturated rings. The number of amides is 1. The van der Waals surface area contributed by atoms with E-state index >= 15 is 0 Å². The van der Waals surface area contributed by atoms with Gasteiger partial charge in [0.05, 0.1) is 44.7 Å². The van der Waals surface area contributed by atoms with E-state index in [0.717, 1.165) is 55.7 Å². The predicted molar refractivity (Wildman–Crippen MR) is 136 cm³/mol. The summed E-state index contributed by atoms with van der Waals surface area (Å²) in [6, 6.07) is 15.8. The van der Waals surface area contributed by atoms with Crippen LogP contribution in [0.1, 0.15) is 24.8 Å². The Morgan fingerprint density at radius 2 is 1.81 bits per heavy atom. The number of hydrogen-bond donors (Lipinski definition) is 0. The fraction of sp³-hybridized carbons (Fsp3) is 0.379. The molecule has 0 radical (unpaired) electrons. The number of ether oxygens (including phenoxy) is 2. The first kappa shape index (κ1) is 25.1. The highest BCUT2D eigenvalue weighted by Gasteiger charge is 2.47. The smallest absolute Gasteiger partial charge is 0.415 e. The Hall–Kier alpha value is -3.52. The Labute approximate surface area is 216 Å². The molecule has 2 aromatic carbocycles. The number of fused-ring (bicyclic) bond motifs is 3. The van der Waals surface area contributed by atoms with Crippen LogP contribution in [0, 0.1) is 17.6 Å². The van der Waals surface area contributed by atoms with Crippen LogP contribution in [0.5, 0.6) is 5.75 Å². The second-order valence-corrected chi connectivity index (χ2v) is 10.0. The van der Waals surface area contributed by atoms with Crippen LogP contribution in [0.25, 0.3) is 0 Å². The molecule has 3 aliphatic heterocycles. The molecule has 3 saturated heterocycles. The van der Waals surface area contributed by atoms with E-state index in [0.29, 0.717) is 18.1 Å². The van der Waals surface area contributed by atoms with E-state index in [2.05, 4.69) is 4.98 Å². The fourth-order valence-electron chi connectivity index (χ4n) is 5.58.